The lowest BCUT2D eigenvalue weighted by molar-refractivity contribution is -0.00476. The van der Waals surface area contributed by atoms with Crippen molar-refractivity contribution in [1.82, 2.24) is 0 Å². The summed E-state index contributed by atoms with van der Waals surface area (Å²) in [7, 11) is 0. The van der Waals surface area contributed by atoms with Gasteiger partial charge in [0, 0.05) is 18.4 Å². The minimum atomic E-state index is -0.798. The van der Waals surface area contributed by atoms with Crippen LogP contribution in [-0.2, 0) is 0 Å². The minimum Gasteiger partial charge on any atom is -0.396 e. The molecule has 1 aliphatic carbocycles. The Morgan fingerprint density at radius 2 is 1.73 bits per heavy atom. The molecule has 0 aromatic heterocycles. The quantitative estimate of drug-likeness (QED) is 0.388. The van der Waals surface area contributed by atoms with Crippen molar-refractivity contribution in [3.8, 4) is 0 Å². The number of nitrogens with two attached hydrogens (primary N) is 1. The zero-order chi connectivity index (χ0) is 8.43. The first kappa shape index (κ1) is 8.93. The monoisotopic (exact) mass is 161 g/mol. The number of rotatable bonds is 2. The van der Waals surface area contributed by atoms with E-state index < -0.39 is 12.2 Å². The molecule has 1 aliphatic rings. The number of aliphatic hydroxyl groups is 3. The molecule has 0 heterocycles. The lowest BCUT2D eigenvalue weighted by Gasteiger charge is -2.14. The van der Waals surface area contributed by atoms with E-state index in [0.29, 0.717) is 13.0 Å². The molecule has 5 N–H and O–H groups in total. The number of hydrogen-bond donors (Lipinski definition) is 4. The highest BCUT2D eigenvalue weighted by molar-refractivity contribution is 4.90. The van der Waals surface area contributed by atoms with Gasteiger partial charge in [0.1, 0.15) is 0 Å². The Hall–Kier alpha value is -0.160. The fourth-order valence-corrected chi connectivity index (χ4v) is 1.64. The molecule has 0 spiro atoms. The van der Waals surface area contributed by atoms with Gasteiger partial charge in [0.15, 0.2) is 0 Å². The highest BCUT2D eigenvalue weighted by Gasteiger charge is 2.39. The molecule has 1 rings (SSSR count). The first-order valence-corrected chi connectivity index (χ1v) is 3.87. The van der Waals surface area contributed by atoms with Gasteiger partial charge in [-0.05, 0) is 13.0 Å². The van der Waals surface area contributed by atoms with Gasteiger partial charge in [0.25, 0.3) is 0 Å². The highest BCUT2D eigenvalue weighted by atomic mass is 16.3. The second-order valence-electron chi connectivity index (χ2n) is 3.16. The third-order valence-corrected chi connectivity index (χ3v) is 2.46. The van der Waals surface area contributed by atoms with E-state index in [1.807, 2.05) is 0 Å². The molecule has 11 heavy (non-hydrogen) atoms. The van der Waals surface area contributed by atoms with E-state index in [4.69, 9.17) is 10.8 Å². The Bertz CT molecular complexity index is 113. The summed E-state index contributed by atoms with van der Waals surface area (Å²) in [6, 6.07) is 0. The van der Waals surface area contributed by atoms with Crippen LogP contribution < -0.4 is 5.73 Å². The van der Waals surface area contributed by atoms with Crippen LogP contribution in [0.25, 0.3) is 0 Å². The van der Waals surface area contributed by atoms with Crippen molar-refractivity contribution in [3.63, 3.8) is 0 Å². The summed E-state index contributed by atoms with van der Waals surface area (Å²) in [4.78, 5) is 0. The molecule has 66 valence electrons. The van der Waals surface area contributed by atoms with E-state index in [1.54, 1.807) is 0 Å². The summed E-state index contributed by atoms with van der Waals surface area (Å²) in [6.07, 6.45) is -0.930. The Morgan fingerprint density at radius 3 is 2.00 bits per heavy atom. The van der Waals surface area contributed by atoms with E-state index in [1.165, 1.54) is 0 Å². The van der Waals surface area contributed by atoms with Crippen LogP contribution in [0, 0.1) is 11.8 Å². The minimum absolute atomic E-state index is 0.0536. The first-order valence-electron chi connectivity index (χ1n) is 3.87. The van der Waals surface area contributed by atoms with Crippen molar-refractivity contribution in [2.24, 2.45) is 17.6 Å². The maximum atomic E-state index is 9.32. The topological polar surface area (TPSA) is 86.7 Å². The predicted octanol–water partition coefficient (Wildman–Crippen LogP) is -1.70. The highest BCUT2D eigenvalue weighted by Crippen LogP contribution is 2.30. The maximum absolute atomic E-state index is 9.32. The molecule has 1 saturated carbocycles. The molecule has 4 nitrogen and oxygen atoms in total. The van der Waals surface area contributed by atoms with Gasteiger partial charge in [-0.1, -0.05) is 0 Å². The smallest absolute Gasteiger partial charge is 0.0852 e. The molecule has 0 radical (unpaired) electrons. The van der Waals surface area contributed by atoms with Crippen molar-refractivity contribution >= 4 is 0 Å². The van der Waals surface area contributed by atoms with Crippen LogP contribution in [0.15, 0.2) is 0 Å². The van der Waals surface area contributed by atoms with Gasteiger partial charge < -0.3 is 21.1 Å². The summed E-state index contributed by atoms with van der Waals surface area (Å²) < 4.78 is 0. The summed E-state index contributed by atoms with van der Waals surface area (Å²) in [5, 5.41) is 27.4. The fourth-order valence-electron chi connectivity index (χ4n) is 1.64. The normalized spacial score (nSPS) is 44.7. The molecule has 1 fully saturated rings. The van der Waals surface area contributed by atoms with E-state index in [-0.39, 0.29) is 18.4 Å². The van der Waals surface area contributed by atoms with Crippen molar-refractivity contribution in [1.29, 1.82) is 0 Å². The third-order valence-electron chi connectivity index (χ3n) is 2.46. The molecule has 0 unspecified atom stereocenters. The van der Waals surface area contributed by atoms with Gasteiger partial charge >= 0.3 is 0 Å². The van der Waals surface area contributed by atoms with Gasteiger partial charge in [0.2, 0.25) is 0 Å². The lowest BCUT2D eigenvalue weighted by atomic mass is 10.1. The maximum Gasteiger partial charge on any atom is 0.0852 e. The van der Waals surface area contributed by atoms with Crippen molar-refractivity contribution in [2.75, 3.05) is 13.2 Å². The Labute approximate surface area is 65.6 Å². The molecule has 0 aromatic rings. The second kappa shape index (κ2) is 3.49. The van der Waals surface area contributed by atoms with Gasteiger partial charge in [-0.25, -0.2) is 0 Å². The largest absolute Gasteiger partial charge is 0.396 e. The van der Waals surface area contributed by atoms with Gasteiger partial charge in [-0.2, -0.15) is 0 Å². The second-order valence-corrected chi connectivity index (χ2v) is 3.16. The zero-order valence-corrected chi connectivity index (χ0v) is 6.35. The molecule has 0 amide bonds. The van der Waals surface area contributed by atoms with E-state index >= 15 is 0 Å². The molecule has 0 bridgehead atoms. The Morgan fingerprint density at radius 1 is 1.18 bits per heavy atom. The molecule has 0 saturated heterocycles. The van der Waals surface area contributed by atoms with Crippen LogP contribution in [0.1, 0.15) is 6.42 Å². The summed E-state index contributed by atoms with van der Waals surface area (Å²) in [6.45, 7) is 0.295. The number of aliphatic hydroxyl groups excluding tert-OH is 3. The summed E-state index contributed by atoms with van der Waals surface area (Å²) in [5.74, 6) is -0.249. The lowest BCUT2D eigenvalue weighted by Crippen LogP contribution is -2.31. The molecular weight excluding hydrogens is 146 g/mol. The SMILES string of the molecule is NC[C@H]1C[C@@H](CO)[C@H](O)[C@@H]1O. The van der Waals surface area contributed by atoms with Crippen molar-refractivity contribution in [2.45, 2.75) is 18.6 Å². The van der Waals surface area contributed by atoms with E-state index in [9.17, 15) is 10.2 Å². The van der Waals surface area contributed by atoms with Gasteiger partial charge in [-0.15, -0.1) is 0 Å². The van der Waals surface area contributed by atoms with Crippen molar-refractivity contribution < 1.29 is 15.3 Å². The van der Waals surface area contributed by atoms with Crippen LogP contribution in [0.3, 0.4) is 0 Å². The average Bonchev–Trinajstić information content (AvgIpc) is 2.30. The average molecular weight is 161 g/mol. The fraction of sp³-hybridized carbons (Fsp3) is 1.00. The van der Waals surface area contributed by atoms with Crippen LogP contribution in [0.5, 0.6) is 0 Å². The van der Waals surface area contributed by atoms with Crippen LogP contribution in [0.4, 0.5) is 0 Å². The molecular formula is C7H15NO3. The summed E-state index contributed by atoms with van der Waals surface area (Å²) in [5.41, 5.74) is 5.35. The van der Waals surface area contributed by atoms with Crippen LogP contribution in [-0.4, -0.2) is 40.7 Å². The molecule has 4 atom stereocenters. The van der Waals surface area contributed by atoms with Crippen LogP contribution in [0.2, 0.25) is 0 Å². The predicted molar refractivity (Wildman–Crippen MR) is 39.8 cm³/mol. The standard InChI is InChI=1S/C7H15NO3/c8-2-4-1-5(3-9)7(11)6(4)10/h4-7,9-11H,1-3,8H2/t4-,5+,6-,7+/m1/s1. The van der Waals surface area contributed by atoms with Gasteiger partial charge in [-0.3, -0.25) is 0 Å². The Balaban J connectivity index is 2.53. The van der Waals surface area contributed by atoms with Crippen molar-refractivity contribution in [3.05, 3.63) is 0 Å². The zero-order valence-electron chi connectivity index (χ0n) is 6.35. The first-order chi connectivity index (χ1) is 5.20. The third kappa shape index (κ3) is 1.54. The molecule has 0 aromatic carbocycles. The summed E-state index contributed by atoms with van der Waals surface area (Å²) >= 11 is 0. The molecule has 4 heteroatoms. The Kier molecular flexibility index (Phi) is 2.84. The van der Waals surface area contributed by atoms with Crippen LogP contribution >= 0.6 is 0 Å². The van der Waals surface area contributed by atoms with E-state index in [2.05, 4.69) is 0 Å². The van der Waals surface area contributed by atoms with Gasteiger partial charge in [0.05, 0.1) is 12.2 Å². The molecule has 0 aliphatic heterocycles. The number of hydrogen-bond acceptors (Lipinski definition) is 4. The van der Waals surface area contributed by atoms with E-state index in [0.717, 1.165) is 0 Å².